The Morgan fingerprint density at radius 1 is 1.27 bits per heavy atom. The molecule has 0 saturated heterocycles. The van der Waals surface area contributed by atoms with Crippen LogP contribution in [0.4, 0.5) is 0 Å². The van der Waals surface area contributed by atoms with Gasteiger partial charge in [0.05, 0.1) is 0 Å². The zero-order chi connectivity index (χ0) is 7.94. The molecule has 0 saturated carbocycles. The summed E-state index contributed by atoms with van der Waals surface area (Å²) >= 11 is 0. The van der Waals surface area contributed by atoms with Crippen LogP contribution in [0, 0.1) is 0 Å². The molecule has 1 aromatic rings. The van der Waals surface area contributed by atoms with E-state index < -0.39 is 0 Å². The Labute approximate surface area is 64.3 Å². The highest BCUT2D eigenvalue weighted by atomic mass is 16.6. The molecule has 0 radical (unpaired) electrons. The van der Waals surface area contributed by atoms with E-state index in [1.807, 2.05) is 18.2 Å². The lowest BCUT2D eigenvalue weighted by Gasteiger charge is -1.93. The Bertz CT molecular complexity index is 244. The van der Waals surface area contributed by atoms with Crippen LogP contribution in [0.1, 0.15) is 0 Å². The van der Waals surface area contributed by atoms with Gasteiger partial charge in [0.15, 0.2) is 12.0 Å². The second kappa shape index (κ2) is 4.22. The van der Waals surface area contributed by atoms with Crippen molar-refractivity contribution in [2.75, 3.05) is 0 Å². The number of aldehydes is 1. The van der Waals surface area contributed by atoms with Gasteiger partial charge in [-0.1, -0.05) is 23.4 Å². The second-order valence-corrected chi connectivity index (χ2v) is 1.79. The first kappa shape index (κ1) is 7.47. The molecule has 11 heavy (non-hydrogen) atoms. The molecule has 1 aromatic carbocycles. The molecule has 0 fully saturated rings. The van der Waals surface area contributed by atoms with Crippen molar-refractivity contribution < 1.29 is 9.63 Å². The Hall–Kier alpha value is -1.64. The van der Waals surface area contributed by atoms with Gasteiger partial charge in [0.1, 0.15) is 6.21 Å². The number of oxime groups is 1. The van der Waals surface area contributed by atoms with Gasteiger partial charge in [-0.3, -0.25) is 4.79 Å². The summed E-state index contributed by atoms with van der Waals surface area (Å²) in [5.41, 5.74) is 0. The number of benzene rings is 1. The molecule has 0 N–H and O–H groups in total. The van der Waals surface area contributed by atoms with E-state index in [9.17, 15) is 4.79 Å². The number of hydrogen-bond donors (Lipinski definition) is 0. The van der Waals surface area contributed by atoms with Crippen molar-refractivity contribution in [1.82, 2.24) is 0 Å². The molecule has 0 atom stereocenters. The van der Waals surface area contributed by atoms with Gasteiger partial charge in [-0.25, -0.2) is 0 Å². The van der Waals surface area contributed by atoms with Gasteiger partial charge >= 0.3 is 0 Å². The van der Waals surface area contributed by atoms with Crippen molar-refractivity contribution in [2.24, 2.45) is 5.16 Å². The summed E-state index contributed by atoms with van der Waals surface area (Å²) in [4.78, 5) is 14.6. The standard InChI is InChI=1S/C8H7NO2/c10-7-6-9-11-8-4-2-1-3-5-8/h1-7H. The fourth-order valence-electron chi connectivity index (χ4n) is 0.597. The summed E-state index contributed by atoms with van der Waals surface area (Å²) in [6.07, 6.45) is 1.61. The monoisotopic (exact) mass is 149 g/mol. The SMILES string of the molecule is O=CC=NOc1ccccc1. The zero-order valence-electron chi connectivity index (χ0n) is 5.81. The van der Waals surface area contributed by atoms with Gasteiger partial charge in [0.25, 0.3) is 0 Å². The van der Waals surface area contributed by atoms with E-state index in [0.29, 0.717) is 12.0 Å². The van der Waals surface area contributed by atoms with Crippen LogP contribution in [-0.2, 0) is 4.79 Å². The van der Waals surface area contributed by atoms with Crippen LogP contribution >= 0.6 is 0 Å². The van der Waals surface area contributed by atoms with Crippen molar-refractivity contribution in [2.45, 2.75) is 0 Å². The van der Waals surface area contributed by atoms with Gasteiger partial charge in [-0.15, -0.1) is 0 Å². The normalized spacial score (nSPS) is 9.82. The van der Waals surface area contributed by atoms with E-state index in [1.165, 1.54) is 0 Å². The van der Waals surface area contributed by atoms with E-state index in [4.69, 9.17) is 4.84 Å². The second-order valence-electron chi connectivity index (χ2n) is 1.79. The van der Waals surface area contributed by atoms with Crippen LogP contribution in [0.25, 0.3) is 0 Å². The highest BCUT2D eigenvalue weighted by molar-refractivity contribution is 6.12. The third kappa shape index (κ3) is 2.62. The lowest BCUT2D eigenvalue weighted by molar-refractivity contribution is -0.102. The molecule has 0 bridgehead atoms. The number of nitrogens with zero attached hydrogens (tertiary/aromatic N) is 1. The van der Waals surface area contributed by atoms with Crippen molar-refractivity contribution in [1.29, 1.82) is 0 Å². The van der Waals surface area contributed by atoms with Crippen LogP contribution in [0.15, 0.2) is 35.5 Å². The highest BCUT2D eigenvalue weighted by Crippen LogP contribution is 2.07. The third-order valence-electron chi connectivity index (χ3n) is 1.02. The maximum Gasteiger partial charge on any atom is 0.164 e. The summed E-state index contributed by atoms with van der Waals surface area (Å²) < 4.78 is 0. The lowest BCUT2D eigenvalue weighted by atomic mass is 10.3. The van der Waals surface area contributed by atoms with Crippen molar-refractivity contribution in [3.05, 3.63) is 30.3 Å². The van der Waals surface area contributed by atoms with E-state index in [-0.39, 0.29) is 0 Å². The molecule has 0 aliphatic carbocycles. The minimum atomic E-state index is 0.558. The molecule has 1 rings (SSSR count). The molecule has 0 heterocycles. The van der Waals surface area contributed by atoms with Crippen LogP contribution < -0.4 is 4.84 Å². The van der Waals surface area contributed by atoms with Gasteiger partial charge < -0.3 is 4.84 Å². The van der Waals surface area contributed by atoms with E-state index in [0.717, 1.165) is 6.21 Å². The largest absolute Gasteiger partial charge is 0.357 e. The fraction of sp³-hybridized carbons (Fsp3) is 0. The molecule has 0 aliphatic heterocycles. The number of carbonyl (C=O) groups excluding carboxylic acids is 1. The molecule has 0 aromatic heterocycles. The molecule has 0 amide bonds. The van der Waals surface area contributed by atoms with Crippen LogP contribution in [0.2, 0.25) is 0 Å². The maximum atomic E-state index is 9.77. The molecular weight excluding hydrogens is 142 g/mol. The predicted octanol–water partition coefficient (Wildman–Crippen LogP) is 1.25. The minimum absolute atomic E-state index is 0.558. The van der Waals surface area contributed by atoms with Gasteiger partial charge in [0, 0.05) is 0 Å². The Morgan fingerprint density at radius 2 is 2.00 bits per heavy atom. The van der Waals surface area contributed by atoms with E-state index >= 15 is 0 Å². The molecule has 3 heteroatoms. The van der Waals surface area contributed by atoms with Crippen LogP contribution in [0.3, 0.4) is 0 Å². The van der Waals surface area contributed by atoms with Crippen molar-refractivity contribution in [3.8, 4) is 5.75 Å². The summed E-state index contributed by atoms with van der Waals surface area (Å²) in [5.74, 6) is 0.616. The van der Waals surface area contributed by atoms with Gasteiger partial charge in [-0.05, 0) is 12.1 Å². The summed E-state index contributed by atoms with van der Waals surface area (Å²) in [7, 11) is 0. The first-order chi connectivity index (χ1) is 5.43. The van der Waals surface area contributed by atoms with Gasteiger partial charge in [0.2, 0.25) is 0 Å². The Balaban J connectivity index is 2.51. The summed E-state index contributed by atoms with van der Waals surface area (Å²) in [6.45, 7) is 0. The smallest absolute Gasteiger partial charge is 0.164 e. The fourth-order valence-corrected chi connectivity index (χ4v) is 0.597. The summed E-state index contributed by atoms with van der Waals surface area (Å²) in [5, 5.41) is 3.37. The highest BCUT2D eigenvalue weighted by Gasteiger charge is 1.85. The Morgan fingerprint density at radius 3 is 2.64 bits per heavy atom. The third-order valence-corrected chi connectivity index (χ3v) is 1.02. The average Bonchev–Trinajstić information content (AvgIpc) is 2.07. The van der Waals surface area contributed by atoms with Crippen LogP contribution in [0.5, 0.6) is 5.75 Å². The molecule has 0 spiro atoms. The molecule has 0 unspecified atom stereocenters. The molecule has 56 valence electrons. The molecular formula is C8H7NO2. The van der Waals surface area contributed by atoms with Crippen molar-refractivity contribution in [3.63, 3.8) is 0 Å². The first-order valence-corrected chi connectivity index (χ1v) is 3.12. The number of hydrogen-bond acceptors (Lipinski definition) is 3. The minimum Gasteiger partial charge on any atom is -0.357 e. The average molecular weight is 149 g/mol. The number of para-hydroxylation sites is 1. The maximum absolute atomic E-state index is 9.77. The first-order valence-electron chi connectivity index (χ1n) is 3.12. The zero-order valence-corrected chi connectivity index (χ0v) is 5.81. The van der Waals surface area contributed by atoms with Crippen molar-refractivity contribution >= 4 is 12.5 Å². The van der Waals surface area contributed by atoms with Gasteiger partial charge in [-0.2, -0.15) is 0 Å². The Kier molecular flexibility index (Phi) is 2.86. The number of carbonyl (C=O) groups is 1. The quantitative estimate of drug-likeness (QED) is 0.368. The number of rotatable bonds is 3. The summed E-state index contributed by atoms with van der Waals surface area (Å²) in [6, 6.07) is 9.03. The van der Waals surface area contributed by atoms with E-state index in [1.54, 1.807) is 12.1 Å². The molecule has 3 nitrogen and oxygen atoms in total. The van der Waals surface area contributed by atoms with E-state index in [2.05, 4.69) is 5.16 Å². The predicted molar refractivity (Wildman–Crippen MR) is 41.6 cm³/mol. The van der Waals surface area contributed by atoms with Crippen LogP contribution in [-0.4, -0.2) is 12.5 Å². The lowest BCUT2D eigenvalue weighted by Crippen LogP contribution is -1.83. The topological polar surface area (TPSA) is 38.7 Å². The molecule has 0 aliphatic rings.